The average Bonchev–Trinajstić information content (AvgIpc) is 3.27. The lowest BCUT2D eigenvalue weighted by Crippen LogP contribution is -2.24. The van der Waals surface area contributed by atoms with E-state index in [1.807, 2.05) is 49.6 Å². The number of anilines is 1. The van der Waals surface area contributed by atoms with Crippen LogP contribution >= 0.6 is 0 Å². The summed E-state index contributed by atoms with van der Waals surface area (Å²) in [6.07, 6.45) is 3.40. The third-order valence-electron chi connectivity index (χ3n) is 5.80. The highest BCUT2D eigenvalue weighted by Gasteiger charge is 2.31. The number of ether oxygens (including phenoxy) is 1. The molecule has 3 heterocycles. The van der Waals surface area contributed by atoms with E-state index in [0.29, 0.717) is 48.0 Å². The third kappa shape index (κ3) is 4.77. The van der Waals surface area contributed by atoms with Gasteiger partial charge in [-0.1, -0.05) is 58.6 Å². The molecule has 1 amide bonds. The lowest BCUT2D eigenvalue weighted by molar-refractivity contribution is 0.0849. The second-order valence-corrected chi connectivity index (χ2v) is 16.5. The number of fused-ring (bicyclic) bond motifs is 2. The monoisotopic (exact) mass is 464 g/mol. The van der Waals surface area contributed by atoms with Crippen LogP contribution in [-0.2, 0) is 18.0 Å². The Hall–Kier alpha value is -2.84. The highest BCUT2D eigenvalue weighted by molar-refractivity contribution is 6.76. The summed E-state index contributed by atoms with van der Waals surface area (Å²) in [7, 11) is -1.20. The van der Waals surface area contributed by atoms with E-state index in [9.17, 15) is 9.59 Å². The molecule has 8 heteroatoms. The molecule has 1 aliphatic heterocycles. The molecule has 2 aromatic heterocycles. The largest absolute Gasteiger partial charge is 0.361 e. The van der Waals surface area contributed by atoms with Crippen LogP contribution in [0.15, 0.2) is 36.7 Å². The molecular formula is C25H32N4O3Si. The van der Waals surface area contributed by atoms with Crippen molar-refractivity contribution in [1.29, 1.82) is 0 Å². The number of hydrogen-bond acceptors (Lipinski definition) is 5. The van der Waals surface area contributed by atoms with Crippen molar-refractivity contribution in [2.24, 2.45) is 5.41 Å². The van der Waals surface area contributed by atoms with Gasteiger partial charge in [-0.15, -0.1) is 0 Å². The molecule has 0 saturated carbocycles. The number of nitrogens with zero attached hydrogens (tertiary/aromatic N) is 4. The first kappa shape index (κ1) is 23.3. The van der Waals surface area contributed by atoms with Crippen molar-refractivity contribution in [2.75, 3.05) is 11.5 Å². The van der Waals surface area contributed by atoms with Gasteiger partial charge in [0.2, 0.25) is 0 Å². The molecule has 4 rings (SSSR count). The van der Waals surface area contributed by atoms with Crippen LogP contribution in [0.4, 0.5) is 5.82 Å². The number of carbonyl (C=O) groups is 2. The molecule has 0 unspecified atom stereocenters. The van der Waals surface area contributed by atoms with E-state index in [0.717, 1.165) is 11.6 Å². The molecule has 0 fully saturated rings. The summed E-state index contributed by atoms with van der Waals surface area (Å²) in [5.74, 6) is 0.331. The minimum atomic E-state index is -1.20. The number of carbonyl (C=O) groups excluding carboxylic acids is 2. The molecule has 1 aliphatic rings. The SMILES string of the molecule is CC(C)(C)C(=O)c1cn(COCC[Si](C)(C)C)c2ncc(N3Cc4ccccc4C3=O)nc12. The third-order valence-corrected chi connectivity index (χ3v) is 7.51. The number of Topliss-reactive ketones (excluding diaryl/α,β-unsaturated/α-hetero) is 1. The summed E-state index contributed by atoms with van der Waals surface area (Å²) in [5, 5.41) is 0. The number of aromatic nitrogens is 3. The number of benzene rings is 1. The van der Waals surface area contributed by atoms with Gasteiger partial charge < -0.3 is 9.30 Å². The van der Waals surface area contributed by atoms with Crippen molar-refractivity contribution in [3.8, 4) is 0 Å². The normalized spacial score (nSPS) is 14.2. The van der Waals surface area contributed by atoms with Gasteiger partial charge in [-0.3, -0.25) is 14.5 Å². The van der Waals surface area contributed by atoms with Crippen molar-refractivity contribution in [3.05, 3.63) is 53.3 Å². The summed E-state index contributed by atoms with van der Waals surface area (Å²) in [5.41, 5.74) is 2.66. The fourth-order valence-corrected chi connectivity index (χ4v) is 4.58. The Bertz CT molecular complexity index is 1220. The van der Waals surface area contributed by atoms with Gasteiger partial charge in [0.05, 0.1) is 18.3 Å². The van der Waals surface area contributed by atoms with E-state index in [1.165, 1.54) is 0 Å². The predicted octanol–water partition coefficient (Wildman–Crippen LogP) is 5.13. The first-order chi connectivity index (χ1) is 15.5. The Labute approximate surface area is 195 Å². The topological polar surface area (TPSA) is 77.3 Å². The summed E-state index contributed by atoms with van der Waals surface area (Å²) in [6.45, 7) is 14.0. The molecule has 7 nitrogen and oxygen atoms in total. The summed E-state index contributed by atoms with van der Waals surface area (Å²) < 4.78 is 7.77. The number of amides is 1. The van der Waals surface area contributed by atoms with Crippen molar-refractivity contribution in [1.82, 2.24) is 14.5 Å². The maximum absolute atomic E-state index is 13.2. The fraction of sp³-hybridized carbons (Fsp3) is 0.440. The van der Waals surface area contributed by atoms with Crippen molar-refractivity contribution in [2.45, 2.75) is 59.7 Å². The van der Waals surface area contributed by atoms with Crippen LogP contribution in [0.3, 0.4) is 0 Å². The van der Waals surface area contributed by atoms with Crippen LogP contribution in [-0.4, -0.2) is 40.9 Å². The standard InChI is InChI=1S/C25H32N4O3Si/c1-25(2,3)22(30)19-15-28(16-32-11-12-33(4,5)6)23-21(19)27-20(13-26-23)29-14-17-9-7-8-10-18(17)24(29)31/h7-10,13,15H,11-12,14,16H2,1-6H3. The molecule has 0 saturated heterocycles. The molecule has 174 valence electrons. The Kier molecular flexibility index (Phi) is 6.00. The van der Waals surface area contributed by atoms with Crippen molar-refractivity contribution >= 4 is 36.7 Å². The van der Waals surface area contributed by atoms with Crippen LogP contribution in [0, 0.1) is 5.41 Å². The van der Waals surface area contributed by atoms with Crippen molar-refractivity contribution < 1.29 is 14.3 Å². The average molecular weight is 465 g/mol. The van der Waals surface area contributed by atoms with Crippen LogP contribution in [0.2, 0.25) is 25.7 Å². The molecule has 3 aromatic rings. The maximum atomic E-state index is 13.2. The molecule has 0 N–H and O–H groups in total. The van der Waals surface area contributed by atoms with E-state index in [2.05, 4.69) is 24.6 Å². The van der Waals surface area contributed by atoms with E-state index in [1.54, 1.807) is 17.3 Å². The van der Waals surface area contributed by atoms with E-state index in [4.69, 9.17) is 9.72 Å². The molecule has 1 aromatic carbocycles. The van der Waals surface area contributed by atoms with Gasteiger partial charge in [0, 0.05) is 31.9 Å². The number of hydrogen-bond donors (Lipinski definition) is 0. The summed E-state index contributed by atoms with van der Waals surface area (Å²) in [6, 6.07) is 8.62. The van der Waals surface area contributed by atoms with Gasteiger partial charge in [-0.2, -0.15) is 0 Å². The zero-order chi connectivity index (χ0) is 24.0. The van der Waals surface area contributed by atoms with Crippen LogP contribution < -0.4 is 4.90 Å². The zero-order valence-electron chi connectivity index (χ0n) is 20.3. The van der Waals surface area contributed by atoms with Gasteiger partial charge in [0.25, 0.3) is 5.91 Å². The molecule has 0 bridgehead atoms. The zero-order valence-corrected chi connectivity index (χ0v) is 21.3. The Morgan fingerprint density at radius 2 is 1.91 bits per heavy atom. The Morgan fingerprint density at radius 1 is 1.18 bits per heavy atom. The van der Waals surface area contributed by atoms with Crippen LogP contribution in [0.25, 0.3) is 11.2 Å². The van der Waals surface area contributed by atoms with Crippen molar-refractivity contribution in [3.63, 3.8) is 0 Å². The molecular weight excluding hydrogens is 432 g/mol. The van der Waals surface area contributed by atoms with Gasteiger partial charge >= 0.3 is 0 Å². The lowest BCUT2D eigenvalue weighted by Gasteiger charge is -2.16. The lowest BCUT2D eigenvalue weighted by atomic mass is 9.87. The Balaban J connectivity index is 1.69. The van der Waals surface area contributed by atoms with Gasteiger partial charge in [0.15, 0.2) is 17.2 Å². The molecule has 0 atom stereocenters. The first-order valence-electron chi connectivity index (χ1n) is 11.3. The van der Waals surface area contributed by atoms with E-state index < -0.39 is 13.5 Å². The maximum Gasteiger partial charge on any atom is 0.260 e. The Morgan fingerprint density at radius 3 is 2.58 bits per heavy atom. The van der Waals surface area contributed by atoms with E-state index >= 15 is 0 Å². The second-order valence-electron chi connectivity index (χ2n) is 10.9. The molecule has 0 aliphatic carbocycles. The predicted molar refractivity (Wildman–Crippen MR) is 132 cm³/mol. The highest BCUT2D eigenvalue weighted by Crippen LogP contribution is 2.31. The van der Waals surface area contributed by atoms with Crippen LogP contribution in [0.1, 0.15) is 47.1 Å². The second kappa shape index (κ2) is 8.50. The van der Waals surface area contributed by atoms with Gasteiger partial charge in [-0.25, -0.2) is 9.97 Å². The highest BCUT2D eigenvalue weighted by atomic mass is 28.3. The van der Waals surface area contributed by atoms with Gasteiger partial charge in [-0.05, 0) is 17.7 Å². The van der Waals surface area contributed by atoms with E-state index in [-0.39, 0.29) is 11.7 Å². The molecule has 33 heavy (non-hydrogen) atoms. The number of ketones is 1. The minimum absolute atomic E-state index is 0.0177. The number of rotatable bonds is 7. The van der Waals surface area contributed by atoms with Crippen LogP contribution in [0.5, 0.6) is 0 Å². The summed E-state index contributed by atoms with van der Waals surface area (Å²) >= 11 is 0. The summed E-state index contributed by atoms with van der Waals surface area (Å²) in [4.78, 5) is 37.2. The molecule has 0 spiro atoms. The molecule has 0 radical (unpaired) electrons. The van der Waals surface area contributed by atoms with Gasteiger partial charge in [0.1, 0.15) is 12.2 Å². The fourth-order valence-electron chi connectivity index (χ4n) is 3.82. The smallest absolute Gasteiger partial charge is 0.260 e. The first-order valence-corrected chi connectivity index (χ1v) is 15.0. The quantitative estimate of drug-likeness (QED) is 0.275. The minimum Gasteiger partial charge on any atom is -0.361 e.